The second-order valence-electron chi connectivity index (χ2n) is 3.28. The van der Waals surface area contributed by atoms with Gasteiger partial charge in [0.2, 0.25) is 0 Å². The van der Waals surface area contributed by atoms with E-state index in [2.05, 4.69) is 20.2 Å². The molecule has 0 radical (unpaired) electrons. The monoisotopic (exact) mass is 253 g/mol. The summed E-state index contributed by atoms with van der Waals surface area (Å²) in [6.45, 7) is 5.66. The number of hydrogen-bond acceptors (Lipinski definition) is 7. The molecule has 0 bridgehead atoms. The lowest BCUT2D eigenvalue weighted by Crippen LogP contribution is -2.01. The maximum atomic E-state index is 5.78. The molecular formula is C9H11N5S2. The number of aromatic nitrogens is 4. The molecule has 7 heteroatoms. The first kappa shape index (κ1) is 11.3. The predicted octanol–water partition coefficient (Wildman–Crippen LogP) is 1.99. The molecule has 0 unspecified atom stereocenters. The molecule has 0 aliphatic rings. The average Bonchev–Trinajstić information content (AvgIpc) is 2.60. The van der Waals surface area contributed by atoms with Crippen LogP contribution in [0.15, 0.2) is 9.37 Å². The molecule has 2 N–H and O–H groups in total. The Bertz CT molecular complexity index is 523. The minimum atomic E-state index is 0.524. The van der Waals surface area contributed by atoms with Crippen molar-refractivity contribution in [2.24, 2.45) is 0 Å². The molecule has 0 aromatic carbocycles. The van der Waals surface area contributed by atoms with E-state index in [1.54, 1.807) is 11.3 Å². The predicted molar refractivity (Wildman–Crippen MR) is 64.7 cm³/mol. The number of aryl methyl sites for hydroxylation is 2. The summed E-state index contributed by atoms with van der Waals surface area (Å²) >= 11 is 3.02. The van der Waals surface area contributed by atoms with E-state index in [0.29, 0.717) is 11.6 Å². The van der Waals surface area contributed by atoms with Crippen molar-refractivity contribution in [1.82, 2.24) is 20.2 Å². The van der Waals surface area contributed by atoms with E-state index in [0.717, 1.165) is 19.9 Å². The van der Waals surface area contributed by atoms with Gasteiger partial charge in [-0.1, -0.05) is 11.3 Å². The first-order valence-corrected chi connectivity index (χ1v) is 6.28. The van der Waals surface area contributed by atoms with Gasteiger partial charge in [0.15, 0.2) is 4.34 Å². The Balaban J connectivity index is 2.34. The Kier molecular flexibility index (Phi) is 3.06. The van der Waals surface area contributed by atoms with Crippen molar-refractivity contribution < 1.29 is 0 Å². The fourth-order valence-electron chi connectivity index (χ4n) is 1.13. The highest BCUT2D eigenvalue weighted by atomic mass is 32.2. The lowest BCUT2D eigenvalue weighted by atomic mass is 10.3. The van der Waals surface area contributed by atoms with Gasteiger partial charge >= 0.3 is 0 Å². The van der Waals surface area contributed by atoms with Crippen LogP contribution in [0.1, 0.15) is 16.4 Å². The number of hydrogen-bond donors (Lipinski definition) is 1. The van der Waals surface area contributed by atoms with Crippen LogP contribution in [-0.4, -0.2) is 20.2 Å². The van der Waals surface area contributed by atoms with Gasteiger partial charge in [-0.05, 0) is 32.5 Å². The van der Waals surface area contributed by atoms with Gasteiger partial charge in [-0.25, -0.2) is 9.97 Å². The third-order valence-electron chi connectivity index (χ3n) is 1.94. The first-order valence-electron chi connectivity index (χ1n) is 4.65. The quantitative estimate of drug-likeness (QED) is 0.825. The van der Waals surface area contributed by atoms with Crippen LogP contribution in [0.5, 0.6) is 0 Å². The van der Waals surface area contributed by atoms with E-state index >= 15 is 0 Å². The third kappa shape index (κ3) is 2.30. The van der Waals surface area contributed by atoms with E-state index < -0.39 is 0 Å². The number of nitrogens with zero attached hydrogens (tertiary/aromatic N) is 4. The van der Waals surface area contributed by atoms with Gasteiger partial charge in [0.25, 0.3) is 0 Å². The van der Waals surface area contributed by atoms with Gasteiger partial charge in [-0.3, -0.25) is 0 Å². The summed E-state index contributed by atoms with van der Waals surface area (Å²) in [6, 6.07) is 0. The summed E-state index contributed by atoms with van der Waals surface area (Å²) in [6.07, 6.45) is 0. The molecule has 0 saturated heterocycles. The van der Waals surface area contributed by atoms with Crippen LogP contribution in [-0.2, 0) is 0 Å². The Labute approximate surface area is 102 Å². The molecule has 84 valence electrons. The van der Waals surface area contributed by atoms with Crippen molar-refractivity contribution in [3.05, 3.63) is 16.4 Å². The van der Waals surface area contributed by atoms with Gasteiger partial charge in [0.05, 0.1) is 0 Å². The summed E-state index contributed by atoms with van der Waals surface area (Å²) in [5.41, 5.74) is 6.68. The highest BCUT2D eigenvalue weighted by Crippen LogP contribution is 2.31. The molecule has 0 atom stereocenters. The second kappa shape index (κ2) is 4.34. The lowest BCUT2D eigenvalue weighted by molar-refractivity contribution is 0.938. The SMILES string of the molecule is Cc1nc(N)c(C)c(Sc2nnc(C)s2)n1. The minimum absolute atomic E-state index is 0.524. The molecule has 0 amide bonds. The zero-order valence-corrected chi connectivity index (χ0v) is 10.8. The molecule has 0 aliphatic heterocycles. The highest BCUT2D eigenvalue weighted by Gasteiger charge is 2.10. The normalized spacial score (nSPS) is 10.7. The van der Waals surface area contributed by atoms with E-state index in [1.165, 1.54) is 11.8 Å². The molecule has 0 aliphatic carbocycles. The van der Waals surface area contributed by atoms with Crippen molar-refractivity contribution in [3.8, 4) is 0 Å². The van der Waals surface area contributed by atoms with Gasteiger partial charge in [0.1, 0.15) is 21.7 Å². The zero-order chi connectivity index (χ0) is 11.7. The van der Waals surface area contributed by atoms with Crippen molar-refractivity contribution in [1.29, 1.82) is 0 Å². The maximum absolute atomic E-state index is 5.78. The van der Waals surface area contributed by atoms with Crippen LogP contribution in [0, 0.1) is 20.8 Å². The van der Waals surface area contributed by atoms with Crippen LogP contribution >= 0.6 is 23.1 Å². The molecule has 5 nitrogen and oxygen atoms in total. The molecule has 0 fully saturated rings. The zero-order valence-electron chi connectivity index (χ0n) is 9.18. The van der Waals surface area contributed by atoms with Crippen molar-refractivity contribution in [3.63, 3.8) is 0 Å². The Hall–Kier alpha value is -1.21. The van der Waals surface area contributed by atoms with Gasteiger partial charge in [-0.15, -0.1) is 10.2 Å². The van der Waals surface area contributed by atoms with Crippen LogP contribution < -0.4 is 5.73 Å². The Morgan fingerprint density at radius 1 is 1.12 bits per heavy atom. The average molecular weight is 253 g/mol. The summed E-state index contributed by atoms with van der Waals surface area (Å²) in [5.74, 6) is 1.20. The molecule has 0 spiro atoms. The highest BCUT2D eigenvalue weighted by molar-refractivity contribution is 8.01. The topological polar surface area (TPSA) is 77.6 Å². The smallest absolute Gasteiger partial charge is 0.180 e. The summed E-state index contributed by atoms with van der Waals surface area (Å²) in [5, 5.41) is 9.79. The largest absolute Gasteiger partial charge is 0.383 e. The van der Waals surface area contributed by atoms with Crippen LogP contribution in [0.4, 0.5) is 5.82 Å². The Morgan fingerprint density at radius 2 is 1.88 bits per heavy atom. The number of nitrogen functional groups attached to an aromatic ring is 1. The number of anilines is 1. The number of rotatable bonds is 2. The molecule has 2 rings (SSSR count). The van der Waals surface area contributed by atoms with E-state index in [4.69, 9.17) is 5.73 Å². The van der Waals surface area contributed by atoms with Gasteiger partial charge in [0, 0.05) is 5.56 Å². The maximum Gasteiger partial charge on any atom is 0.180 e. The van der Waals surface area contributed by atoms with Gasteiger partial charge in [-0.2, -0.15) is 0 Å². The summed E-state index contributed by atoms with van der Waals surface area (Å²) in [7, 11) is 0. The fraction of sp³-hybridized carbons (Fsp3) is 0.333. The van der Waals surface area contributed by atoms with Crippen molar-refractivity contribution in [2.75, 3.05) is 5.73 Å². The molecular weight excluding hydrogens is 242 g/mol. The summed E-state index contributed by atoms with van der Waals surface area (Å²) in [4.78, 5) is 8.45. The van der Waals surface area contributed by atoms with E-state index in [9.17, 15) is 0 Å². The fourth-order valence-corrected chi connectivity index (χ4v) is 2.99. The van der Waals surface area contributed by atoms with Crippen LogP contribution in [0.2, 0.25) is 0 Å². The molecule has 2 heterocycles. The molecule has 2 aromatic heterocycles. The molecule has 0 saturated carbocycles. The van der Waals surface area contributed by atoms with Gasteiger partial charge < -0.3 is 5.73 Å². The lowest BCUT2D eigenvalue weighted by Gasteiger charge is -2.05. The summed E-state index contributed by atoms with van der Waals surface area (Å²) < 4.78 is 0.873. The van der Waals surface area contributed by atoms with Crippen molar-refractivity contribution in [2.45, 2.75) is 30.1 Å². The standard InChI is InChI=1S/C9H11N5S2/c1-4-7(10)11-5(2)12-8(4)16-9-14-13-6(3)15-9/h1-3H3,(H2,10,11,12). The molecule has 16 heavy (non-hydrogen) atoms. The van der Waals surface area contributed by atoms with E-state index in [-0.39, 0.29) is 0 Å². The molecule has 2 aromatic rings. The van der Waals surface area contributed by atoms with Crippen LogP contribution in [0.3, 0.4) is 0 Å². The van der Waals surface area contributed by atoms with Crippen LogP contribution in [0.25, 0.3) is 0 Å². The Morgan fingerprint density at radius 3 is 2.50 bits per heavy atom. The van der Waals surface area contributed by atoms with E-state index in [1.807, 2.05) is 20.8 Å². The first-order chi connectivity index (χ1) is 7.56. The second-order valence-corrected chi connectivity index (χ2v) is 5.69. The third-order valence-corrected chi connectivity index (χ3v) is 3.92. The number of nitrogens with two attached hydrogens (primary N) is 1. The van der Waals surface area contributed by atoms with Crippen molar-refractivity contribution >= 4 is 28.9 Å². The minimum Gasteiger partial charge on any atom is -0.383 e.